The first-order chi connectivity index (χ1) is 32.0. The fraction of sp³-hybridized carbons (Fsp3) is 0.927. The van der Waals surface area contributed by atoms with Gasteiger partial charge in [0.2, 0.25) is 0 Å². The van der Waals surface area contributed by atoms with Gasteiger partial charge in [-0.05, 0) is 175 Å². The number of hydrogen-bond donors (Lipinski definition) is 0. The number of nitrogens with zero attached hydrogens (tertiary/aromatic N) is 3. The molecule has 0 aromatic heterocycles. The van der Waals surface area contributed by atoms with Gasteiger partial charge in [0, 0.05) is 0 Å². The van der Waals surface area contributed by atoms with Gasteiger partial charge in [-0.15, -0.1) is 0 Å². The van der Waals surface area contributed by atoms with E-state index in [0.717, 1.165) is 219 Å². The number of esters is 4. The molecule has 0 aromatic rings. The molecule has 0 spiro atoms. The Morgan fingerprint density at radius 3 is 0.697 bits per heavy atom. The summed E-state index contributed by atoms with van der Waals surface area (Å²) < 4.78 is 22.2. The normalized spacial score (nSPS) is 11.9. The Hall–Kier alpha value is -2.24. The molecule has 0 radical (unpaired) electrons. The van der Waals surface area contributed by atoms with Crippen LogP contribution in [0.5, 0.6) is 0 Å². The Bertz CT molecular complexity index is 979. The molecular weight excluding hydrogens is 831 g/mol. The van der Waals surface area contributed by atoms with Gasteiger partial charge >= 0.3 is 23.9 Å². The van der Waals surface area contributed by atoms with Gasteiger partial charge in [0.05, 0.1) is 50.1 Å². The number of rotatable bonds is 48. The van der Waals surface area contributed by atoms with Crippen molar-refractivity contribution in [2.45, 2.75) is 222 Å². The highest BCUT2D eigenvalue weighted by Gasteiger charge is 2.18. The third-order valence-electron chi connectivity index (χ3n) is 13.8. The molecule has 0 aliphatic heterocycles. The molecule has 11 heteroatoms. The first-order valence-corrected chi connectivity index (χ1v) is 27.8. The minimum atomic E-state index is -0.0362. The zero-order valence-electron chi connectivity index (χ0n) is 44.8. The van der Waals surface area contributed by atoms with Crippen molar-refractivity contribution in [2.24, 2.45) is 23.7 Å². The quantitative estimate of drug-likeness (QED) is 0.0330. The Labute approximate surface area is 407 Å². The van der Waals surface area contributed by atoms with Crippen LogP contribution in [0.15, 0.2) is 0 Å². The molecule has 0 atom stereocenters. The monoisotopic (exact) mass is 938 g/mol. The summed E-state index contributed by atoms with van der Waals surface area (Å²) in [5.74, 6) is -0.0166. The second kappa shape index (κ2) is 45.2. The maximum absolute atomic E-state index is 12.2. The lowest BCUT2D eigenvalue weighted by Crippen LogP contribution is -2.32. The van der Waals surface area contributed by atoms with E-state index in [1.807, 2.05) is 0 Å². The number of ether oxygens (including phenoxy) is 4. The van der Waals surface area contributed by atoms with E-state index in [1.54, 1.807) is 0 Å². The molecule has 0 unspecified atom stereocenters. The zero-order chi connectivity index (χ0) is 49.0. The molecule has 11 nitrogen and oxygen atoms in total. The predicted octanol–water partition coefficient (Wildman–Crippen LogP) is 12.5. The van der Waals surface area contributed by atoms with E-state index in [1.165, 1.54) is 0 Å². The molecule has 0 fully saturated rings. The molecule has 390 valence electrons. The molecule has 0 amide bonds. The lowest BCUT2D eigenvalue weighted by Gasteiger charge is -2.26. The highest BCUT2D eigenvalue weighted by atomic mass is 16.5. The number of hydrogen-bond acceptors (Lipinski definition) is 11. The van der Waals surface area contributed by atoms with E-state index in [2.05, 4.69) is 77.1 Å². The van der Waals surface area contributed by atoms with Crippen LogP contribution >= 0.6 is 0 Å². The van der Waals surface area contributed by atoms with Crippen LogP contribution in [0.4, 0.5) is 0 Å². The van der Waals surface area contributed by atoms with Gasteiger partial charge in [-0.1, -0.05) is 107 Å². The molecule has 0 aromatic carbocycles. The van der Waals surface area contributed by atoms with Crippen LogP contribution in [0.25, 0.3) is 0 Å². The van der Waals surface area contributed by atoms with Crippen molar-refractivity contribution in [3.8, 4) is 0 Å². The van der Waals surface area contributed by atoms with Crippen molar-refractivity contribution < 1.29 is 38.1 Å². The van der Waals surface area contributed by atoms with Gasteiger partial charge in [-0.25, -0.2) is 0 Å². The Kier molecular flexibility index (Phi) is 43.7. The summed E-state index contributed by atoms with van der Waals surface area (Å²) >= 11 is 0. The molecular formula is C55H107N3O8. The van der Waals surface area contributed by atoms with Gasteiger partial charge < -0.3 is 33.6 Å². The van der Waals surface area contributed by atoms with Crippen molar-refractivity contribution in [3.05, 3.63) is 0 Å². The van der Waals surface area contributed by atoms with Crippen LogP contribution < -0.4 is 0 Å². The summed E-state index contributed by atoms with van der Waals surface area (Å²) in [5.41, 5.74) is 0. The van der Waals surface area contributed by atoms with Crippen molar-refractivity contribution in [1.29, 1.82) is 0 Å². The number of unbranched alkanes of at least 4 members (excludes halogenated alkanes) is 12. The van der Waals surface area contributed by atoms with Crippen LogP contribution in [-0.2, 0) is 38.1 Å². The van der Waals surface area contributed by atoms with Crippen molar-refractivity contribution in [3.63, 3.8) is 0 Å². The summed E-state index contributed by atoms with van der Waals surface area (Å²) in [4.78, 5) is 56.8. The lowest BCUT2D eigenvalue weighted by molar-refractivity contribution is -0.149. The smallest absolute Gasteiger partial charge is 0.308 e. The van der Waals surface area contributed by atoms with E-state index in [-0.39, 0.29) is 47.5 Å². The third kappa shape index (κ3) is 34.1. The lowest BCUT2D eigenvalue weighted by atomic mass is 10.0. The summed E-state index contributed by atoms with van der Waals surface area (Å²) in [7, 11) is 2.27. The van der Waals surface area contributed by atoms with Crippen molar-refractivity contribution in [1.82, 2.24) is 14.7 Å². The number of carbonyl (C=O) groups excluding carboxylic acids is 4. The molecule has 0 aliphatic carbocycles. The van der Waals surface area contributed by atoms with Gasteiger partial charge in [0.25, 0.3) is 0 Å². The van der Waals surface area contributed by atoms with Gasteiger partial charge in [0.1, 0.15) is 0 Å². The standard InChI is InChI=1S/C55H107N3O8/c1-10-48(11-2)52(59)63-44-30-22-18-26-38-57(39-27-19-23-31-45-64-53(60)49(12-3)13-4)42-34-36-56(9)37-35-43-58(40-28-20-24-32-46-65-54(61)50(14-5)15-6)41-29-21-25-33-47-66-55(62)51(16-7)17-8/h48-51H,10-47H2,1-9H3. The maximum Gasteiger partial charge on any atom is 0.308 e. The molecule has 0 saturated carbocycles. The maximum atomic E-state index is 12.2. The second-order valence-electron chi connectivity index (χ2n) is 19.1. The van der Waals surface area contributed by atoms with E-state index >= 15 is 0 Å². The van der Waals surface area contributed by atoms with E-state index in [0.29, 0.717) is 26.4 Å². The molecule has 66 heavy (non-hydrogen) atoms. The van der Waals surface area contributed by atoms with Crippen molar-refractivity contribution >= 4 is 23.9 Å². The van der Waals surface area contributed by atoms with Crippen LogP contribution in [-0.4, -0.2) is 124 Å². The minimum Gasteiger partial charge on any atom is -0.465 e. The fourth-order valence-electron chi connectivity index (χ4n) is 8.73. The number of carbonyl (C=O) groups is 4. The average Bonchev–Trinajstić information content (AvgIpc) is 3.31. The molecule has 0 N–H and O–H groups in total. The van der Waals surface area contributed by atoms with Crippen LogP contribution in [0.1, 0.15) is 222 Å². The molecule has 0 bridgehead atoms. The second-order valence-corrected chi connectivity index (χ2v) is 19.1. The van der Waals surface area contributed by atoms with Crippen molar-refractivity contribution in [2.75, 3.05) is 85.8 Å². The largest absolute Gasteiger partial charge is 0.465 e. The molecule has 0 rings (SSSR count). The van der Waals surface area contributed by atoms with Gasteiger partial charge in [-0.3, -0.25) is 19.2 Å². The van der Waals surface area contributed by atoms with Gasteiger partial charge in [-0.2, -0.15) is 0 Å². The van der Waals surface area contributed by atoms with Crippen LogP contribution in [0.2, 0.25) is 0 Å². The molecule has 0 saturated heterocycles. The Balaban J connectivity index is 4.94. The highest BCUT2D eigenvalue weighted by Crippen LogP contribution is 2.15. The summed E-state index contributed by atoms with van der Waals surface area (Å²) in [6.07, 6.45) is 26.4. The first kappa shape index (κ1) is 63.8. The molecule has 0 heterocycles. The van der Waals surface area contributed by atoms with Crippen LogP contribution in [0.3, 0.4) is 0 Å². The van der Waals surface area contributed by atoms with Gasteiger partial charge in [0.15, 0.2) is 0 Å². The first-order valence-electron chi connectivity index (χ1n) is 27.8. The van der Waals surface area contributed by atoms with Crippen LogP contribution in [0, 0.1) is 23.7 Å². The Morgan fingerprint density at radius 2 is 0.485 bits per heavy atom. The zero-order valence-corrected chi connectivity index (χ0v) is 44.8. The SMILES string of the molecule is CCC(CC)C(=O)OCCCCCCN(CCCCCCOC(=O)C(CC)CC)CCCN(C)CCCN(CCCCCCOC(=O)C(CC)CC)CCCCCCOC(=O)C(CC)CC. The summed E-state index contributed by atoms with van der Waals surface area (Å²) in [5, 5.41) is 0. The minimum absolute atomic E-state index is 0.0321. The predicted molar refractivity (Wildman–Crippen MR) is 274 cm³/mol. The van der Waals surface area contributed by atoms with E-state index in [9.17, 15) is 19.2 Å². The van der Waals surface area contributed by atoms with E-state index < -0.39 is 0 Å². The van der Waals surface area contributed by atoms with E-state index in [4.69, 9.17) is 18.9 Å². The molecule has 0 aliphatic rings. The summed E-state index contributed by atoms with van der Waals surface area (Å²) in [6.45, 7) is 27.3. The highest BCUT2D eigenvalue weighted by molar-refractivity contribution is 5.73. The summed E-state index contributed by atoms with van der Waals surface area (Å²) in [6, 6.07) is 0. The Morgan fingerprint density at radius 1 is 0.288 bits per heavy atom. The fourth-order valence-corrected chi connectivity index (χ4v) is 8.73. The topological polar surface area (TPSA) is 115 Å². The average molecular weight is 938 g/mol. The third-order valence-corrected chi connectivity index (χ3v) is 13.8.